The van der Waals surface area contributed by atoms with E-state index in [4.69, 9.17) is 4.52 Å². The van der Waals surface area contributed by atoms with E-state index < -0.39 is 0 Å². The molecule has 4 heteroatoms. The molecule has 3 nitrogen and oxygen atoms in total. The fourth-order valence-electron chi connectivity index (χ4n) is 1.46. The predicted molar refractivity (Wildman–Crippen MR) is 65.9 cm³/mol. The van der Waals surface area contributed by atoms with E-state index in [1.54, 1.807) is 6.26 Å². The molecule has 1 unspecified atom stereocenters. The average Bonchev–Trinajstić information content (AvgIpc) is 2.80. The number of hydrogen-bond donors (Lipinski definition) is 1. The minimum Gasteiger partial charge on any atom is -0.364 e. The Hall–Kier alpha value is -1.13. The highest BCUT2D eigenvalue weighted by molar-refractivity contribution is 9.10. The Bertz CT molecular complexity index is 425. The molecule has 0 amide bonds. The summed E-state index contributed by atoms with van der Waals surface area (Å²) in [6, 6.07) is 10.5. The van der Waals surface area contributed by atoms with E-state index in [2.05, 4.69) is 45.5 Å². The van der Waals surface area contributed by atoms with Gasteiger partial charge in [0.15, 0.2) is 0 Å². The van der Waals surface area contributed by atoms with Crippen LogP contribution in [0.4, 0.5) is 0 Å². The summed E-state index contributed by atoms with van der Waals surface area (Å²) < 4.78 is 5.87. The molecular weight excluding hydrogens is 268 g/mol. The molecule has 0 aliphatic heterocycles. The van der Waals surface area contributed by atoms with E-state index in [1.807, 2.05) is 18.2 Å². The first-order chi connectivity index (χ1) is 7.75. The first-order valence-electron chi connectivity index (χ1n) is 5.14. The van der Waals surface area contributed by atoms with Crippen molar-refractivity contribution in [3.8, 4) is 0 Å². The van der Waals surface area contributed by atoms with Crippen LogP contribution in [0.1, 0.15) is 24.2 Å². The zero-order valence-electron chi connectivity index (χ0n) is 8.98. The van der Waals surface area contributed by atoms with Gasteiger partial charge in [0, 0.05) is 23.1 Å². The van der Waals surface area contributed by atoms with Crippen LogP contribution in [0.25, 0.3) is 0 Å². The number of aromatic nitrogens is 1. The molecule has 1 aromatic heterocycles. The van der Waals surface area contributed by atoms with Crippen LogP contribution >= 0.6 is 15.9 Å². The lowest BCUT2D eigenvalue weighted by molar-refractivity contribution is 0.406. The van der Waals surface area contributed by atoms with Gasteiger partial charge in [-0.25, -0.2) is 0 Å². The number of halogens is 1. The summed E-state index contributed by atoms with van der Waals surface area (Å²) in [6.07, 6.45) is 1.58. The summed E-state index contributed by atoms with van der Waals surface area (Å²) in [5.41, 5.74) is 2.18. The van der Waals surface area contributed by atoms with Gasteiger partial charge in [0.05, 0.1) is 5.69 Å². The molecule has 0 bridgehead atoms. The van der Waals surface area contributed by atoms with Gasteiger partial charge >= 0.3 is 0 Å². The first-order valence-corrected chi connectivity index (χ1v) is 5.93. The van der Waals surface area contributed by atoms with E-state index in [0.29, 0.717) is 12.6 Å². The lowest BCUT2D eigenvalue weighted by atomic mass is 10.1. The topological polar surface area (TPSA) is 38.1 Å². The van der Waals surface area contributed by atoms with Gasteiger partial charge in [0.2, 0.25) is 0 Å². The van der Waals surface area contributed by atoms with E-state index in [9.17, 15) is 0 Å². The van der Waals surface area contributed by atoms with Crippen molar-refractivity contribution in [2.75, 3.05) is 0 Å². The zero-order chi connectivity index (χ0) is 11.4. The van der Waals surface area contributed by atoms with Crippen LogP contribution in [0.5, 0.6) is 0 Å². The molecule has 0 saturated heterocycles. The largest absolute Gasteiger partial charge is 0.364 e. The average molecular weight is 281 g/mol. The van der Waals surface area contributed by atoms with E-state index in [1.165, 1.54) is 5.56 Å². The summed E-state index contributed by atoms with van der Waals surface area (Å²) >= 11 is 3.42. The molecule has 1 atom stereocenters. The minimum atomic E-state index is 0.296. The maximum absolute atomic E-state index is 4.77. The normalized spacial score (nSPS) is 12.6. The van der Waals surface area contributed by atoms with Gasteiger partial charge in [-0.15, -0.1) is 0 Å². The zero-order valence-corrected chi connectivity index (χ0v) is 10.6. The third-order valence-electron chi connectivity index (χ3n) is 2.45. The third-order valence-corrected chi connectivity index (χ3v) is 2.98. The predicted octanol–water partition coefficient (Wildman–Crippen LogP) is 3.29. The summed E-state index contributed by atoms with van der Waals surface area (Å²) in [4.78, 5) is 0. The van der Waals surface area contributed by atoms with Gasteiger partial charge in [-0.1, -0.05) is 33.2 Å². The molecule has 0 saturated carbocycles. The van der Waals surface area contributed by atoms with Crippen LogP contribution in [0.3, 0.4) is 0 Å². The fourth-order valence-corrected chi connectivity index (χ4v) is 1.72. The molecule has 0 fully saturated rings. The smallest absolute Gasteiger partial charge is 0.124 e. The Kier molecular flexibility index (Phi) is 3.74. The van der Waals surface area contributed by atoms with Crippen molar-refractivity contribution in [3.05, 3.63) is 52.3 Å². The van der Waals surface area contributed by atoms with Crippen molar-refractivity contribution in [2.45, 2.75) is 19.5 Å². The molecule has 1 N–H and O–H groups in total. The van der Waals surface area contributed by atoms with Crippen LogP contribution < -0.4 is 5.32 Å². The summed E-state index contributed by atoms with van der Waals surface area (Å²) in [6.45, 7) is 2.84. The molecule has 0 radical (unpaired) electrons. The molecule has 0 spiro atoms. The summed E-state index contributed by atoms with van der Waals surface area (Å²) in [5, 5.41) is 7.23. The second-order valence-electron chi connectivity index (χ2n) is 3.64. The van der Waals surface area contributed by atoms with Crippen molar-refractivity contribution in [2.24, 2.45) is 0 Å². The highest BCUT2D eigenvalue weighted by Gasteiger charge is 2.05. The van der Waals surface area contributed by atoms with Gasteiger partial charge in [0.25, 0.3) is 0 Å². The lowest BCUT2D eigenvalue weighted by Gasteiger charge is -2.13. The molecule has 1 aromatic carbocycles. The van der Waals surface area contributed by atoms with Gasteiger partial charge in [-0.2, -0.15) is 0 Å². The van der Waals surface area contributed by atoms with E-state index in [-0.39, 0.29) is 0 Å². The standard InChI is InChI=1S/C12H13BrN2O/c1-9(10-2-4-11(13)5-3-10)14-8-12-6-7-16-15-12/h2-7,9,14H,8H2,1H3. The van der Waals surface area contributed by atoms with Crippen LogP contribution in [0, 0.1) is 0 Å². The van der Waals surface area contributed by atoms with Crippen LogP contribution in [0.2, 0.25) is 0 Å². The molecule has 16 heavy (non-hydrogen) atoms. The molecule has 0 aliphatic carbocycles. The number of nitrogens with zero attached hydrogens (tertiary/aromatic N) is 1. The molecule has 1 heterocycles. The Morgan fingerprint density at radius 3 is 2.69 bits per heavy atom. The SMILES string of the molecule is CC(NCc1ccon1)c1ccc(Br)cc1. The highest BCUT2D eigenvalue weighted by Crippen LogP contribution is 2.16. The quantitative estimate of drug-likeness (QED) is 0.934. The third kappa shape index (κ3) is 2.93. The van der Waals surface area contributed by atoms with Crippen molar-refractivity contribution in [1.82, 2.24) is 10.5 Å². The second-order valence-corrected chi connectivity index (χ2v) is 4.56. The van der Waals surface area contributed by atoms with Crippen LogP contribution in [0.15, 0.2) is 45.6 Å². The van der Waals surface area contributed by atoms with Crippen molar-refractivity contribution >= 4 is 15.9 Å². The van der Waals surface area contributed by atoms with Gasteiger partial charge < -0.3 is 9.84 Å². The maximum Gasteiger partial charge on any atom is 0.124 e. The number of benzene rings is 1. The molecule has 0 aliphatic rings. The monoisotopic (exact) mass is 280 g/mol. The Morgan fingerprint density at radius 1 is 1.31 bits per heavy atom. The van der Waals surface area contributed by atoms with Gasteiger partial charge in [-0.3, -0.25) is 0 Å². The molecular formula is C12H13BrN2O. The highest BCUT2D eigenvalue weighted by atomic mass is 79.9. The second kappa shape index (κ2) is 5.27. The first kappa shape index (κ1) is 11.4. The van der Waals surface area contributed by atoms with Crippen molar-refractivity contribution in [3.63, 3.8) is 0 Å². The Balaban J connectivity index is 1.93. The number of hydrogen-bond acceptors (Lipinski definition) is 3. The van der Waals surface area contributed by atoms with Crippen molar-refractivity contribution < 1.29 is 4.52 Å². The van der Waals surface area contributed by atoms with Crippen molar-refractivity contribution in [1.29, 1.82) is 0 Å². The lowest BCUT2D eigenvalue weighted by Crippen LogP contribution is -2.18. The number of rotatable bonds is 4. The van der Waals surface area contributed by atoms with Gasteiger partial charge in [-0.05, 0) is 24.6 Å². The fraction of sp³-hybridized carbons (Fsp3) is 0.250. The van der Waals surface area contributed by atoms with Crippen LogP contribution in [-0.2, 0) is 6.54 Å². The van der Waals surface area contributed by atoms with Gasteiger partial charge in [0.1, 0.15) is 6.26 Å². The maximum atomic E-state index is 4.77. The molecule has 2 aromatic rings. The number of nitrogens with one attached hydrogen (secondary N) is 1. The molecule has 2 rings (SSSR count). The van der Waals surface area contributed by atoms with E-state index in [0.717, 1.165) is 10.2 Å². The Labute approximate surface area is 103 Å². The minimum absolute atomic E-state index is 0.296. The summed E-state index contributed by atoms with van der Waals surface area (Å²) in [5.74, 6) is 0. The van der Waals surface area contributed by atoms with Crippen LogP contribution in [-0.4, -0.2) is 5.16 Å². The van der Waals surface area contributed by atoms with E-state index >= 15 is 0 Å². The summed E-state index contributed by atoms with van der Waals surface area (Å²) in [7, 11) is 0. The molecule has 84 valence electrons. The Morgan fingerprint density at radius 2 is 2.06 bits per heavy atom.